The van der Waals surface area contributed by atoms with Crippen molar-refractivity contribution in [2.45, 2.75) is 20.8 Å². The summed E-state index contributed by atoms with van der Waals surface area (Å²) in [5.41, 5.74) is 0.622. The Kier molecular flexibility index (Phi) is 9.26. The summed E-state index contributed by atoms with van der Waals surface area (Å²) in [6.45, 7) is 5.22. The minimum absolute atomic E-state index is 0.0717. The van der Waals surface area contributed by atoms with Crippen molar-refractivity contribution in [2.75, 3.05) is 31.8 Å². The molecule has 0 N–H and O–H groups in total. The van der Waals surface area contributed by atoms with Gasteiger partial charge in [0.25, 0.3) is 0 Å². The molecule has 0 spiro atoms. The van der Waals surface area contributed by atoms with Crippen LogP contribution in [0.2, 0.25) is 0 Å². The molecule has 0 unspecified atom stereocenters. The van der Waals surface area contributed by atoms with Crippen molar-refractivity contribution in [3.05, 3.63) is 35.9 Å². The van der Waals surface area contributed by atoms with Crippen LogP contribution >= 0.6 is 11.8 Å². The molecule has 2 aromatic rings. The fourth-order valence-electron chi connectivity index (χ4n) is 2.74. The first kappa shape index (κ1) is 24.1. The summed E-state index contributed by atoms with van der Waals surface area (Å²) in [7, 11) is 0. The van der Waals surface area contributed by atoms with E-state index in [2.05, 4.69) is 0 Å². The van der Waals surface area contributed by atoms with Gasteiger partial charge in [-0.15, -0.1) is 0 Å². The molecule has 0 amide bonds. The van der Waals surface area contributed by atoms with E-state index in [0.717, 1.165) is 4.57 Å². The van der Waals surface area contributed by atoms with Crippen LogP contribution < -0.4 is 4.74 Å². The molecule has 0 atom stereocenters. The summed E-state index contributed by atoms with van der Waals surface area (Å²) in [4.78, 5) is 37.0. The molecule has 31 heavy (non-hydrogen) atoms. The number of benzene rings is 1. The summed E-state index contributed by atoms with van der Waals surface area (Å²) in [6, 6.07) is 6.82. The lowest BCUT2D eigenvalue weighted by molar-refractivity contribution is 0.0948. The Balaban J connectivity index is 2.77. The van der Waals surface area contributed by atoms with Crippen molar-refractivity contribution in [1.29, 1.82) is 0 Å². The second-order valence-corrected chi connectivity index (χ2v) is 6.74. The third-order valence-electron chi connectivity index (χ3n) is 3.86. The lowest BCUT2D eigenvalue weighted by atomic mass is 10.1. The molecule has 1 aromatic carbocycles. The third-order valence-corrected chi connectivity index (χ3v) is 4.36. The van der Waals surface area contributed by atoms with Crippen LogP contribution in [0.3, 0.4) is 0 Å². The molecule has 168 valence electrons. The molecule has 0 fully saturated rings. The molecule has 9 nitrogen and oxygen atoms in total. The highest BCUT2D eigenvalue weighted by Crippen LogP contribution is 2.38. The van der Waals surface area contributed by atoms with Gasteiger partial charge in [-0.25, -0.2) is 19.0 Å². The van der Waals surface area contributed by atoms with E-state index in [-0.39, 0.29) is 37.0 Å². The predicted octanol–water partition coefficient (Wildman–Crippen LogP) is 5.06. The first-order valence-electron chi connectivity index (χ1n) is 9.67. The summed E-state index contributed by atoms with van der Waals surface area (Å²) in [5.74, 6) is 0.369. The Morgan fingerprint density at radius 3 is 2.26 bits per heavy atom. The van der Waals surface area contributed by atoms with Crippen molar-refractivity contribution >= 4 is 46.8 Å². The lowest BCUT2D eigenvalue weighted by Gasteiger charge is -2.13. The summed E-state index contributed by atoms with van der Waals surface area (Å²) < 4.78 is 26.8. The van der Waals surface area contributed by atoms with E-state index in [4.69, 9.17) is 23.7 Å². The average Bonchev–Trinajstić information content (AvgIpc) is 3.05. The third kappa shape index (κ3) is 5.94. The lowest BCUT2D eigenvalue weighted by Crippen LogP contribution is -2.19. The molecule has 0 saturated carbocycles. The maximum atomic E-state index is 12.7. The van der Waals surface area contributed by atoms with E-state index in [1.165, 1.54) is 11.8 Å². The van der Waals surface area contributed by atoms with Crippen molar-refractivity contribution < 1.29 is 38.1 Å². The van der Waals surface area contributed by atoms with E-state index in [1.807, 2.05) is 6.26 Å². The van der Waals surface area contributed by atoms with Crippen molar-refractivity contribution in [3.63, 3.8) is 0 Å². The second-order valence-electron chi connectivity index (χ2n) is 5.83. The zero-order valence-electron chi connectivity index (χ0n) is 17.8. The van der Waals surface area contributed by atoms with Gasteiger partial charge in [0.15, 0.2) is 0 Å². The number of carbonyl (C=O) groups excluding carboxylic acids is 3. The predicted molar refractivity (Wildman–Crippen MR) is 116 cm³/mol. The monoisotopic (exact) mass is 451 g/mol. The first-order chi connectivity index (χ1) is 15.0. The fourth-order valence-corrected chi connectivity index (χ4v) is 3.06. The Bertz CT molecular complexity index is 966. The van der Waals surface area contributed by atoms with E-state index in [1.54, 1.807) is 51.1 Å². The number of thioether (sulfide) groups is 1. The molecule has 0 aliphatic rings. The maximum Gasteiger partial charge on any atom is 0.515 e. The molecule has 10 heteroatoms. The van der Waals surface area contributed by atoms with Crippen LogP contribution in [0, 0.1) is 0 Å². The Morgan fingerprint density at radius 1 is 0.968 bits per heavy atom. The minimum Gasteiger partial charge on any atom is -0.449 e. The fraction of sp³-hybridized carbons (Fsp3) is 0.381. The van der Waals surface area contributed by atoms with Crippen LogP contribution in [0.4, 0.5) is 14.4 Å². The van der Waals surface area contributed by atoms with Crippen LogP contribution in [0.15, 0.2) is 30.3 Å². The van der Waals surface area contributed by atoms with Crippen molar-refractivity contribution in [3.8, 4) is 5.88 Å². The second kappa shape index (κ2) is 11.9. The Hall–Kier alpha value is -3.14. The number of rotatable bonds is 8. The number of para-hydroxylation sites is 1. The molecule has 0 radical (unpaired) electrons. The van der Waals surface area contributed by atoms with Gasteiger partial charge >= 0.3 is 18.4 Å². The molecule has 0 aliphatic heterocycles. The zero-order valence-corrected chi connectivity index (χ0v) is 18.7. The SMILES string of the molecule is CCOC(=O)O/C(=C\CSC)c1c(OC(=O)OCC)n(C(=O)OCC)c2ccccc12. The van der Waals surface area contributed by atoms with Gasteiger partial charge in [-0.05, 0) is 39.2 Å². The van der Waals surface area contributed by atoms with Gasteiger partial charge in [-0.3, -0.25) is 0 Å². The van der Waals surface area contributed by atoms with Crippen molar-refractivity contribution in [1.82, 2.24) is 4.57 Å². The molecule has 0 bridgehead atoms. The van der Waals surface area contributed by atoms with Gasteiger partial charge in [0.2, 0.25) is 5.88 Å². The highest BCUT2D eigenvalue weighted by Gasteiger charge is 2.30. The standard InChI is InChI=1S/C21H25NO8S/c1-5-26-19(23)22-15-11-9-8-10-14(15)17(18(22)30-21(25)28-7-3)16(12-13-31-4)29-20(24)27-6-2/h8-12H,5-7,13H2,1-4H3/b16-12-. The molecule has 0 saturated heterocycles. The molecular formula is C21H25NO8S. The van der Waals surface area contributed by atoms with Gasteiger partial charge in [0.05, 0.1) is 30.9 Å². The Labute approximate surface area is 184 Å². The molecule has 0 aliphatic carbocycles. The number of aromatic nitrogens is 1. The van der Waals surface area contributed by atoms with Gasteiger partial charge in [0.1, 0.15) is 5.76 Å². The van der Waals surface area contributed by atoms with Gasteiger partial charge in [-0.2, -0.15) is 11.8 Å². The van der Waals surface area contributed by atoms with E-state index >= 15 is 0 Å². The average molecular weight is 451 g/mol. The summed E-state index contributed by atoms with van der Waals surface area (Å²) in [6.07, 6.45) is 0.805. The molecule has 1 aromatic heterocycles. The summed E-state index contributed by atoms with van der Waals surface area (Å²) in [5, 5.41) is 0.506. The maximum absolute atomic E-state index is 12.7. The number of nitrogens with zero attached hydrogens (tertiary/aromatic N) is 1. The van der Waals surface area contributed by atoms with Crippen LogP contribution in [0.25, 0.3) is 16.7 Å². The van der Waals surface area contributed by atoms with E-state index in [0.29, 0.717) is 16.7 Å². The normalized spacial score (nSPS) is 11.2. The highest BCUT2D eigenvalue weighted by molar-refractivity contribution is 7.98. The first-order valence-corrected chi connectivity index (χ1v) is 11.1. The molecule has 2 rings (SSSR count). The van der Waals surface area contributed by atoms with Gasteiger partial charge in [-0.1, -0.05) is 18.2 Å². The van der Waals surface area contributed by atoms with Gasteiger partial charge in [0, 0.05) is 11.1 Å². The molecular weight excluding hydrogens is 426 g/mol. The van der Waals surface area contributed by atoms with Crippen LogP contribution in [0.1, 0.15) is 26.3 Å². The smallest absolute Gasteiger partial charge is 0.449 e. The highest BCUT2D eigenvalue weighted by atomic mass is 32.2. The van der Waals surface area contributed by atoms with Crippen LogP contribution in [0.5, 0.6) is 5.88 Å². The van der Waals surface area contributed by atoms with Crippen LogP contribution in [-0.2, 0) is 18.9 Å². The zero-order chi connectivity index (χ0) is 22.8. The van der Waals surface area contributed by atoms with Crippen LogP contribution in [-0.4, -0.2) is 54.8 Å². The van der Waals surface area contributed by atoms with E-state index in [9.17, 15) is 14.4 Å². The molecule has 1 heterocycles. The van der Waals surface area contributed by atoms with Gasteiger partial charge < -0.3 is 23.7 Å². The minimum atomic E-state index is -1.02. The Morgan fingerprint density at radius 2 is 1.61 bits per heavy atom. The number of ether oxygens (including phenoxy) is 5. The number of hydrogen-bond acceptors (Lipinski definition) is 9. The number of carbonyl (C=O) groups is 3. The topological polar surface area (TPSA) is 102 Å². The number of fused-ring (bicyclic) bond motifs is 1. The van der Waals surface area contributed by atoms with E-state index < -0.39 is 18.4 Å². The quantitative estimate of drug-likeness (QED) is 0.309. The number of hydrogen-bond donors (Lipinski definition) is 0. The van der Waals surface area contributed by atoms with Crippen molar-refractivity contribution in [2.24, 2.45) is 0 Å². The largest absolute Gasteiger partial charge is 0.515 e. The summed E-state index contributed by atoms with van der Waals surface area (Å²) >= 11 is 1.48.